The van der Waals surface area contributed by atoms with E-state index >= 15 is 0 Å². The van der Waals surface area contributed by atoms with Crippen LogP contribution < -0.4 is 11.0 Å². The first-order valence-electron chi connectivity index (χ1n) is 5.25. The van der Waals surface area contributed by atoms with Crippen molar-refractivity contribution in [3.63, 3.8) is 0 Å². The van der Waals surface area contributed by atoms with Crippen molar-refractivity contribution in [2.45, 2.75) is 32.9 Å². The van der Waals surface area contributed by atoms with Crippen molar-refractivity contribution in [3.05, 3.63) is 33.0 Å². The highest BCUT2D eigenvalue weighted by molar-refractivity contribution is 5.20. The molecule has 0 spiro atoms. The molecule has 0 unspecified atom stereocenters. The van der Waals surface area contributed by atoms with Gasteiger partial charge in [0.25, 0.3) is 0 Å². The van der Waals surface area contributed by atoms with Gasteiger partial charge in [0.2, 0.25) is 0 Å². The average Bonchev–Trinajstić information content (AvgIpc) is 2.18. The van der Waals surface area contributed by atoms with Crippen LogP contribution in [0.4, 0.5) is 5.69 Å². The first-order chi connectivity index (χ1) is 7.79. The molecular formula is C10H16N4O3. The molecule has 0 radical (unpaired) electrons. The van der Waals surface area contributed by atoms with Gasteiger partial charge in [-0.25, -0.2) is 4.79 Å². The van der Waals surface area contributed by atoms with E-state index in [1.54, 1.807) is 0 Å². The van der Waals surface area contributed by atoms with Crippen LogP contribution in [0.1, 0.15) is 20.8 Å². The van der Waals surface area contributed by atoms with Crippen molar-refractivity contribution in [1.29, 1.82) is 0 Å². The Labute approximate surface area is 98.6 Å². The predicted octanol–water partition coefficient (Wildman–Crippen LogP) is 0.540. The van der Waals surface area contributed by atoms with Crippen molar-refractivity contribution in [3.8, 4) is 0 Å². The fourth-order valence-corrected chi connectivity index (χ4v) is 1.25. The summed E-state index contributed by atoms with van der Waals surface area (Å²) in [5.74, 6) is 0. The van der Waals surface area contributed by atoms with Gasteiger partial charge in [-0.1, -0.05) is 0 Å². The fraction of sp³-hybridized carbons (Fsp3) is 0.600. The minimum absolute atomic E-state index is 0.0578. The number of nitrogens with zero attached hydrogens (tertiary/aromatic N) is 3. The van der Waals surface area contributed by atoms with E-state index in [-0.39, 0.29) is 11.2 Å². The Hall–Kier alpha value is -1.76. The zero-order chi connectivity index (χ0) is 13.1. The van der Waals surface area contributed by atoms with Crippen LogP contribution in [0, 0.1) is 10.1 Å². The lowest BCUT2D eigenvalue weighted by atomic mass is 10.1. The lowest BCUT2D eigenvalue weighted by molar-refractivity contribution is -0.385. The summed E-state index contributed by atoms with van der Waals surface area (Å²) in [6.45, 7) is 6.90. The molecule has 94 valence electrons. The fourth-order valence-electron chi connectivity index (χ4n) is 1.25. The van der Waals surface area contributed by atoms with Crippen molar-refractivity contribution in [2.24, 2.45) is 0 Å². The molecule has 0 amide bonds. The third-order valence-electron chi connectivity index (χ3n) is 2.06. The van der Waals surface area contributed by atoms with E-state index in [1.165, 1.54) is 10.8 Å². The van der Waals surface area contributed by atoms with Gasteiger partial charge in [-0.05, 0) is 20.8 Å². The zero-order valence-electron chi connectivity index (χ0n) is 10.1. The third-order valence-corrected chi connectivity index (χ3v) is 2.06. The second kappa shape index (κ2) is 5.05. The zero-order valence-corrected chi connectivity index (χ0v) is 10.1. The van der Waals surface area contributed by atoms with Crippen molar-refractivity contribution in [2.75, 3.05) is 6.54 Å². The summed E-state index contributed by atoms with van der Waals surface area (Å²) >= 11 is 0. The molecule has 0 bridgehead atoms. The van der Waals surface area contributed by atoms with Crippen LogP contribution in [-0.4, -0.2) is 26.6 Å². The monoisotopic (exact) mass is 240 g/mol. The molecule has 0 aromatic carbocycles. The number of hydrogen-bond donors (Lipinski definition) is 1. The van der Waals surface area contributed by atoms with E-state index in [0.29, 0.717) is 13.1 Å². The highest BCUT2D eigenvalue weighted by atomic mass is 16.6. The summed E-state index contributed by atoms with van der Waals surface area (Å²) in [5, 5.41) is 13.7. The van der Waals surface area contributed by atoms with Crippen LogP contribution in [0.5, 0.6) is 0 Å². The Morgan fingerprint density at radius 2 is 2.18 bits per heavy atom. The van der Waals surface area contributed by atoms with E-state index in [4.69, 9.17) is 0 Å². The lowest BCUT2D eigenvalue weighted by Gasteiger charge is -2.20. The highest BCUT2D eigenvalue weighted by Crippen LogP contribution is 2.04. The van der Waals surface area contributed by atoms with Gasteiger partial charge in [0, 0.05) is 18.6 Å². The molecule has 0 atom stereocenters. The minimum Gasteiger partial charge on any atom is -0.310 e. The highest BCUT2D eigenvalue weighted by Gasteiger charge is 2.11. The first kappa shape index (κ1) is 13.3. The lowest BCUT2D eigenvalue weighted by Crippen LogP contribution is -2.39. The molecule has 0 saturated carbocycles. The SMILES string of the molecule is CC(C)(C)NCCn1cc([N+](=O)[O-])cnc1=O. The molecule has 1 N–H and O–H groups in total. The molecule has 1 rings (SSSR count). The van der Waals surface area contributed by atoms with Gasteiger partial charge < -0.3 is 5.32 Å². The molecule has 1 heterocycles. The van der Waals surface area contributed by atoms with Gasteiger partial charge >= 0.3 is 11.4 Å². The summed E-state index contributed by atoms with van der Waals surface area (Å²) in [5.41, 5.74) is -0.718. The normalized spacial score (nSPS) is 11.5. The van der Waals surface area contributed by atoms with Gasteiger partial charge in [-0.15, -0.1) is 0 Å². The Kier molecular flexibility index (Phi) is 3.95. The van der Waals surface area contributed by atoms with Crippen LogP contribution in [0.3, 0.4) is 0 Å². The molecule has 17 heavy (non-hydrogen) atoms. The van der Waals surface area contributed by atoms with Crippen molar-refractivity contribution < 1.29 is 4.92 Å². The predicted molar refractivity (Wildman–Crippen MR) is 62.9 cm³/mol. The third kappa shape index (κ3) is 4.31. The summed E-state index contributed by atoms with van der Waals surface area (Å²) in [4.78, 5) is 24.8. The van der Waals surface area contributed by atoms with Gasteiger partial charge in [0.05, 0.1) is 11.1 Å². The van der Waals surface area contributed by atoms with Gasteiger partial charge in [0.1, 0.15) is 6.20 Å². The van der Waals surface area contributed by atoms with E-state index < -0.39 is 10.6 Å². The summed E-state index contributed by atoms with van der Waals surface area (Å²) in [6, 6.07) is 0. The number of hydrogen-bond acceptors (Lipinski definition) is 5. The van der Waals surface area contributed by atoms with E-state index in [0.717, 1.165) is 6.20 Å². The number of nitrogens with one attached hydrogen (secondary N) is 1. The van der Waals surface area contributed by atoms with Gasteiger partial charge in [-0.2, -0.15) is 4.98 Å². The Bertz CT molecular complexity index is 461. The van der Waals surface area contributed by atoms with E-state index in [9.17, 15) is 14.9 Å². The first-order valence-corrected chi connectivity index (χ1v) is 5.25. The van der Waals surface area contributed by atoms with Gasteiger partial charge in [-0.3, -0.25) is 14.7 Å². The average molecular weight is 240 g/mol. The standard InChI is InChI=1S/C10H16N4O3/c1-10(2,3)12-4-5-13-7-8(14(16)17)6-11-9(13)15/h6-7,12H,4-5H2,1-3H3. The maximum Gasteiger partial charge on any atom is 0.348 e. The Morgan fingerprint density at radius 1 is 1.53 bits per heavy atom. The number of rotatable bonds is 4. The molecule has 0 fully saturated rings. The molecule has 0 aliphatic rings. The quantitative estimate of drug-likeness (QED) is 0.612. The Balaban J connectivity index is 2.74. The molecule has 7 heteroatoms. The summed E-state index contributed by atoms with van der Waals surface area (Å²) < 4.78 is 1.23. The van der Waals surface area contributed by atoms with Crippen LogP contribution in [-0.2, 0) is 6.54 Å². The number of nitro groups is 1. The van der Waals surface area contributed by atoms with E-state index in [2.05, 4.69) is 10.3 Å². The van der Waals surface area contributed by atoms with E-state index in [1.807, 2.05) is 20.8 Å². The second-order valence-electron chi connectivity index (χ2n) is 4.72. The smallest absolute Gasteiger partial charge is 0.310 e. The molecule has 7 nitrogen and oxygen atoms in total. The topological polar surface area (TPSA) is 90.1 Å². The maximum absolute atomic E-state index is 11.4. The largest absolute Gasteiger partial charge is 0.348 e. The van der Waals surface area contributed by atoms with Crippen LogP contribution in [0.25, 0.3) is 0 Å². The molecule has 0 aliphatic heterocycles. The summed E-state index contributed by atoms with van der Waals surface area (Å²) in [6.07, 6.45) is 2.18. The molecule has 1 aromatic heterocycles. The van der Waals surface area contributed by atoms with Crippen LogP contribution in [0.2, 0.25) is 0 Å². The van der Waals surface area contributed by atoms with Crippen molar-refractivity contribution >= 4 is 5.69 Å². The van der Waals surface area contributed by atoms with Crippen molar-refractivity contribution in [1.82, 2.24) is 14.9 Å². The van der Waals surface area contributed by atoms with Crippen LogP contribution in [0.15, 0.2) is 17.2 Å². The second-order valence-corrected chi connectivity index (χ2v) is 4.72. The minimum atomic E-state index is -0.569. The maximum atomic E-state index is 11.4. The van der Waals surface area contributed by atoms with Crippen LogP contribution >= 0.6 is 0 Å². The Morgan fingerprint density at radius 3 is 2.71 bits per heavy atom. The van der Waals surface area contributed by atoms with Gasteiger partial charge in [0.15, 0.2) is 0 Å². The molecule has 0 saturated heterocycles. The molecule has 1 aromatic rings. The molecule has 0 aliphatic carbocycles. The number of aromatic nitrogens is 2. The summed E-state index contributed by atoms with van der Waals surface area (Å²) in [7, 11) is 0. The molecular weight excluding hydrogens is 224 g/mol.